The van der Waals surface area contributed by atoms with Crippen molar-refractivity contribution in [3.63, 3.8) is 0 Å². The average molecular weight is 397 g/mol. The largest absolute Gasteiger partial charge is 0.383 e. The molecule has 0 fully saturated rings. The van der Waals surface area contributed by atoms with Gasteiger partial charge in [0.1, 0.15) is 11.6 Å². The van der Waals surface area contributed by atoms with E-state index in [2.05, 4.69) is 20.1 Å². The number of rotatable bonds is 2. The molecule has 3 aromatic heterocycles. The lowest BCUT2D eigenvalue weighted by Gasteiger charge is -2.09. The lowest BCUT2D eigenvalue weighted by molar-refractivity contribution is 0.664. The third-order valence-corrected chi connectivity index (χ3v) is 3.91. The molecule has 3 rings (SSSR count). The van der Waals surface area contributed by atoms with Gasteiger partial charge >= 0.3 is 0 Å². The van der Waals surface area contributed by atoms with Crippen LogP contribution in [0.25, 0.3) is 11.0 Å². The molecule has 21 heavy (non-hydrogen) atoms. The van der Waals surface area contributed by atoms with Gasteiger partial charge in [-0.15, -0.1) is 0 Å². The van der Waals surface area contributed by atoms with Crippen LogP contribution in [-0.4, -0.2) is 29.3 Å². The summed E-state index contributed by atoms with van der Waals surface area (Å²) >= 11 is 1.96. The van der Waals surface area contributed by atoms with E-state index in [1.807, 2.05) is 22.6 Å². The van der Waals surface area contributed by atoms with Gasteiger partial charge in [0, 0.05) is 13.2 Å². The van der Waals surface area contributed by atoms with Crippen LogP contribution < -0.4 is 11.3 Å². The van der Waals surface area contributed by atoms with Gasteiger partial charge in [0.15, 0.2) is 11.5 Å². The number of hydrogen-bond acceptors (Lipinski definition) is 6. The van der Waals surface area contributed by atoms with Gasteiger partial charge in [0.2, 0.25) is 0 Å². The van der Waals surface area contributed by atoms with E-state index in [1.54, 1.807) is 31.0 Å². The van der Waals surface area contributed by atoms with E-state index in [4.69, 9.17) is 5.73 Å². The van der Waals surface area contributed by atoms with Gasteiger partial charge in [-0.3, -0.25) is 14.0 Å². The summed E-state index contributed by atoms with van der Waals surface area (Å²) in [5, 5.41) is 4.81. The second-order valence-electron chi connectivity index (χ2n) is 4.58. The molecule has 108 valence electrons. The van der Waals surface area contributed by atoms with Crippen molar-refractivity contribution in [2.24, 2.45) is 7.05 Å². The van der Waals surface area contributed by atoms with Crippen molar-refractivity contribution in [1.82, 2.24) is 29.3 Å². The second kappa shape index (κ2) is 5.06. The second-order valence-corrected chi connectivity index (χ2v) is 5.74. The van der Waals surface area contributed by atoms with Crippen LogP contribution in [0.15, 0.2) is 17.2 Å². The number of anilines is 1. The van der Waals surface area contributed by atoms with Crippen LogP contribution in [0, 0.1) is 10.5 Å². The molecule has 0 unspecified atom stereocenters. The van der Waals surface area contributed by atoms with Crippen molar-refractivity contribution in [2.45, 2.75) is 13.5 Å². The lowest BCUT2D eigenvalue weighted by Crippen LogP contribution is -2.27. The number of nitrogens with zero attached hydrogens (tertiary/aromatic N) is 6. The molecule has 0 radical (unpaired) electrons. The Kier molecular flexibility index (Phi) is 3.35. The molecule has 8 nitrogen and oxygen atoms in total. The molecule has 0 aliphatic heterocycles. The highest BCUT2D eigenvalue weighted by Crippen LogP contribution is 2.16. The number of nitrogens with two attached hydrogens (primary N) is 1. The maximum absolute atomic E-state index is 12.2. The van der Waals surface area contributed by atoms with Crippen molar-refractivity contribution < 1.29 is 0 Å². The Morgan fingerprint density at radius 2 is 2.10 bits per heavy atom. The van der Waals surface area contributed by atoms with Crippen LogP contribution in [-0.2, 0) is 13.6 Å². The number of fused-ring (bicyclic) bond motifs is 1. The van der Waals surface area contributed by atoms with E-state index >= 15 is 0 Å². The van der Waals surface area contributed by atoms with E-state index in [-0.39, 0.29) is 12.1 Å². The Hall–Kier alpha value is -2.04. The normalized spacial score (nSPS) is 11.2. The molecular formula is C12H12IN7O. The minimum Gasteiger partial charge on any atom is -0.383 e. The first-order chi connectivity index (χ1) is 9.97. The van der Waals surface area contributed by atoms with E-state index in [1.165, 1.54) is 4.57 Å². The molecule has 0 amide bonds. The molecule has 0 bridgehead atoms. The molecule has 0 aliphatic rings. The topological polar surface area (TPSA) is 105 Å². The number of aryl methyl sites for hydroxylation is 2. The van der Waals surface area contributed by atoms with E-state index < -0.39 is 0 Å². The predicted molar refractivity (Wildman–Crippen MR) is 85.8 cm³/mol. The average Bonchev–Trinajstić information content (AvgIpc) is 2.82. The molecule has 0 aromatic carbocycles. The standard InChI is InChI=1S/C12H12IN7O/c1-6-15-4-8(13)12(21)20(6)5-9-17-10(14)7-3-16-19(2)11(7)18-9/h3-4H,5H2,1-2H3,(H2,14,17,18). The fourth-order valence-corrected chi connectivity index (χ4v) is 2.47. The lowest BCUT2D eigenvalue weighted by atomic mass is 10.4. The third-order valence-electron chi connectivity index (χ3n) is 3.17. The summed E-state index contributed by atoms with van der Waals surface area (Å²) in [7, 11) is 1.78. The maximum atomic E-state index is 12.2. The molecule has 0 aliphatic carbocycles. The smallest absolute Gasteiger partial charge is 0.267 e. The van der Waals surface area contributed by atoms with E-state index in [9.17, 15) is 4.79 Å². The summed E-state index contributed by atoms with van der Waals surface area (Å²) in [5.74, 6) is 1.41. The summed E-state index contributed by atoms with van der Waals surface area (Å²) in [6, 6.07) is 0. The van der Waals surface area contributed by atoms with Crippen LogP contribution in [0.1, 0.15) is 11.6 Å². The zero-order chi connectivity index (χ0) is 15.1. The summed E-state index contributed by atoms with van der Waals surface area (Å²) in [6.45, 7) is 1.99. The Bertz CT molecular complexity index is 898. The van der Waals surface area contributed by atoms with Crippen molar-refractivity contribution in [3.05, 3.63) is 38.0 Å². The molecule has 0 atom stereocenters. The van der Waals surface area contributed by atoms with E-state index in [0.717, 1.165) is 0 Å². The summed E-state index contributed by atoms with van der Waals surface area (Å²) in [4.78, 5) is 25.0. The highest BCUT2D eigenvalue weighted by molar-refractivity contribution is 14.1. The van der Waals surface area contributed by atoms with Crippen LogP contribution in [0.5, 0.6) is 0 Å². The first-order valence-corrected chi connectivity index (χ1v) is 7.21. The maximum Gasteiger partial charge on any atom is 0.267 e. The summed E-state index contributed by atoms with van der Waals surface area (Å²) in [5.41, 5.74) is 6.45. The quantitative estimate of drug-likeness (QED) is 0.631. The minimum absolute atomic E-state index is 0.115. The van der Waals surface area contributed by atoms with E-state index in [0.29, 0.717) is 32.1 Å². The number of aromatic nitrogens is 6. The highest BCUT2D eigenvalue weighted by atomic mass is 127. The number of halogens is 1. The summed E-state index contributed by atoms with van der Waals surface area (Å²) < 4.78 is 3.70. The van der Waals surface area contributed by atoms with Gasteiger partial charge in [-0.25, -0.2) is 15.0 Å². The van der Waals surface area contributed by atoms with Gasteiger partial charge in [0.25, 0.3) is 5.56 Å². The fraction of sp³-hybridized carbons (Fsp3) is 0.250. The third kappa shape index (κ3) is 2.37. The first kappa shape index (κ1) is 13.9. The summed E-state index contributed by atoms with van der Waals surface area (Å²) in [6.07, 6.45) is 3.17. The number of nitrogen functional groups attached to an aromatic ring is 1. The van der Waals surface area contributed by atoms with Crippen molar-refractivity contribution in [3.8, 4) is 0 Å². The molecule has 3 heterocycles. The van der Waals surface area contributed by atoms with Crippen molar-refractivity contribution in [1.29, 1.82) is 0 Å². The molecule has 0 spiro atoms. The predicted octanol–water partition coefficient (Wildman–Crippen LogP) is 0.464. The van der Waals surface area contributed by atoms with Crippen molar-refractivity contribution >= 4 is 39.4 Å². The zero-order valence-electron chi connectivity index (χ0n) is 11.4. The Morgan fingerprint density at radius 1 is 1.33 bits per heavy atom. The number of hydrogen-bond donors (Lipinski definition) is 1. The van der Waals surface area contributed by atoms with Gasteiger partial charge in [-0.05, 0) is 29.5 Å². The first-order valence-electron chi connectivity index (χ1n) is 6.13. The zero-order valence-corrected chi connectivity index (χ0v) is 13.6. The van der Waals surface area contributed by atoms with Gasteiger partial charge < -0.3 is 5.73 Å². The van der Waals surface area contributed by atoms with Crippen molar-refractivity contribution in [2.75, 3.05) is 5.73 Å². The van der Waals surface area contributed by atoms with Gasteiger partial charge in [0.05, 0.1) is 21.7 Å². The van der Waals surface area contributed by atoms with Crippen LogP contribution >= 0.6 is 22.6 Å². The molecular weight excluding hydrogens is 385 g/mol. The molecule has 3 aromatic rings. The fourth-order valence-electron chi connectivity index (χ4n) is 2.04. The van der Waals surface area contributed by atoms with Gasteiger partial charge in [-0.1, -0.05) is 0 Å². The Balaban J connectivity index is 2.13. The molecule has 9 heteroatoms. The van der Waals surface area contributed by atoms with Gasteiger partial charge in [-0.2, -0.15) is 5.10 Å². The van der Waals surface area contributed by atoms with Crippen LogP contribution in [0.2, 0.25) is 0 Å². The van der Waals surface area contributed by atoms with Crippen LogP contribution in [0.3, 0.4) is 0 Å². The SMILES string of the molecule is Cc1ncc(I)c(=O)n1Cc1nc(N)c2cnn(C)c2n1. The monoisotopic (exact) mass is 397 g/mol. The minimum atomic E-state index is -0.115. The molecule has 0 saturated heterocycles. The highest BCUT2D eigenvalue weighted by Gasteiger charge is 2.12. The Labute approximate surface area is 133 Å². The van der Waals surface area contributed by atoms with Crippen LogP contribution in [0.4, 0.5) is 5.82 Å². The Morgan fingerprint density at radius 3 is 2.86 bits per heavy atom. The molecule has 2 N–H and O–H groups in total. The molecule has 0 saturated carbocycles.